The molecule has 100 valence electrons. The first kappa shape index (κ1) is 13.6. The van der Waals surface area contributed by atoms with Crippen molar-refractivity contribution in [2.24, 2.45) is 0 Å². The fourth-order valence-corrected chi connectivity index (χ4v) is 1.90. The van der Waals surface area contributed by atoms with Gasteiger partial charge in [-0.25, -0.2) is 4.98 Å². The lowest BCUT2D eigenvalue weighted by Crippen LogP contribution is -2.10. The lowest BCUT2D eigenvalue weighted by atomic mass is 10.3. The average Bonchev–Trinajstić information content (AvgIpc) is 2.38. The number of ether oxygens (including phenoxy) is 1. The quantitative estimate of drug-likeness (QED) is 0.632. The summed E-state index contributed by atoms with van der Waals surface area (Å²) in [6.07, 6.45) is 0.852. The van der Waals surface area contributed by atoms with E-state index in [1.165, 1.54) is 0 Å². The molecule has 0 unspecified atom stereocenters. The smallest absolute Gasteiger partial charge is 0.225 e. The van der Waals surface area contributed by atoms with Crippen LogP contribution in [0.5, 0.6) is 5.75 Å². The number of halogens is 1. The highest BCUT2D eigenvalue weighted by molar-refractivity contribution is 9.10. The van der Waals surface area contributed by atoms with Gasteiger partial charge in [0.1, 0.15) is 16.2 Å². The van der Waals surface area contributed by atoms with Crippen molar-refractivity contribution in [3.05, 3.63) is 41.0 Å². The molecule has 2 rings (SSSR count). The highest BCUT2D eigenvalue weighted by atomic mass is 79.9. The Kier molecular flexibility index (Phi) is 4.97. The molecule has 0 saturated carbocycles. The number of anilines is 2. The minimum atomic E-state index is 0.435. The summed E-state index contributed by atoms with van der Waals surface area (Å²) in [5, 5.41) is 3.10. The number of nitrogens with two attached hydrogens (primary N) is 1. The highest BCUT2D eigenvalue weighted by Gasteiger charge is 1.99. The maximum Gasteiger partial charge on any atom is 0.225 e. The number of nitrogens with one attached hydrogen (secondary N) is 1. The lowest BCUT2D eigenvalue weighted by molar-refractivity contribution is 0.315. The van der Waals surface area contributed by atoms with Crippen molar-refractivity contribution in [3.63, 3.8) is 0 Å². The topological polar surface area (TPSA) is 73.1 Å². The van der Waals surface area contributed by atoms with Crippen LogP contribution in [0.4, 0.5) is 11.8 Å². The van der Waals surface area contributed by atoms with E-state index in [0.29, 0.717) is 23.0 Å². The van der Waals surface area contributed by atoms with Gasteiger partial charge in [0.15, 0.2) is 0 Å². The molecule has 0 atom stereocenters. The van der Waals surface area contributed by atoms with Crippen molar-refractivity contribution < 1.29 is 4.74 Å². The predicted octanol–water partition coefficient (Wildman–Crippen LogP) is 2.70. The van der Waals surface area contributed by atoms with Gasteiger partial charge < -0.3 is 15.8 Å². The summed E-state index contributed by atoms with van der Waals surface area (Å²) in [5.74, 6) is 1.84. The van der Waals surface area contributed by atoms with Gasteiger partial charge in [0.2, 0.25) is 5.95 Å². The molecule has 6 heteroatoms. The number of hydrogen-bond donors (Lipinski definition) is 2. The molecular formula is C13H15BrN4O. The van der Waals surface area contributed by atoms with Crippen molar-refractivity contribution in [3.8, 4) is 5.75 Å². The molecule has 0 radical (unpaired) electrons. The average molecular weight is 323 g/mol. The first-order chi connectivity index (χ1) is 9.24. The molecule has 0 bridgehead atoms. The summed E-state index contributed by atoms with van der Waals surface area (Å²) in [5.41, 5.74) is 5.62. The third-order valence-corrected chi connectivity index (χ3v) is 2.74. The second-order valence-corrected chi connectivity index (χ2v) is 4.69. The van der Waals surface area contributed by atoms with Crippen molar-refractivity contribution in [1.82, 2.24) is 9.97 Å². The molecule has 5 nitrogen and oxygen atoms in total. The van der Waals surface area contributed by atoms with E-state index in [4.69, 9.17) is 10.5 Å². The first-order valence-electron chi connectivity index (χ1n) is 5.96. The first-order valence-corrected chi connectivity index (χ1v) is 6.75. The van der Waals surface area contributed by atoms with Crippen LogP contribution in [-0.4, -0.2) is 23.1 Å². The van der Waals surface area contributed by atoms with Crippen LogP contribution in [0.2, 0.25) is 0 Å². The molecule has 1 heterocycles. The molecule has 0 aliphatic carbocycles. The van der Waals surface area contributed by atoms with Gasteiger partial charge in [-0.2, -0.15) is 4.98 Å². The van der Waals surface area contributed by atoms with Crippen LogP contribution in [0.15, 0.2) is 41.0 Å². The van der Waals surface area contributed by atoms with Crippen LogP contribution in [0.1, 0.15) is 6.42 Å². The van der Waals surface area contributed by atoms with Crippen LogP contribution in [0.25, 0.3) is 0 Å². The molecule has 0 aliphatic heterocycles. The molecule has 1 aromatic carbocycles. The molecule has 0 fully saturated rings. The molecule has 2 aromatic rings. The van der Waals surface area contributed by atoms with E-state index in [2.05, 4.69) is 31.2 Å². The van der Waals surface area contributed by atoms with Gasteiger partial charge in [-0.3, -0.25) is 0 Å². The Morgan fingerprint density at radius 2 is 2.00 bits per heavy atom. The Hall–Kier alpha value is -1.82. The molecule has 1 aromatic heterocycles. The van der Waals surface area contributed by atoms with Crippen molar-refractivity contribution in [2.45, 2.75) is 6.42 Å². The van der Waals surface area contributed by atoms with Crippen LogP contribution in [-0.2, 0) is 0 Å². The largest absolute Gasteiger partial charge is 0.494 e. The summed E-state index contributed by atoms with van der Waals surface area (Å²) >= 11 is 3.27. The lowest BCUT2D eigenvalue weighted by Gasteiger charge is -2.07. The van der Waals surface area contributed by atoms with E-state index in [0.717, 1.165) is 18.7 Å². The number of aromatic nitrogens is 2. The van der Waals surface area contributed by atoms with Gasteiger partial charge in [0.25, 0.3) is 0 Å². The number of rotatable bonds is 6. The monoisotopic (exact) mass is 322 g/mol. The Morgan fingerprint density at radius 1 is 1.21 bits per heavy atom. The number of para-hydroxylation sites is 1. The van der Waals surface area contributed by atoms with Crippen LogP contribution >= 0.6 is 15.9 Å². The van der Waals surface area contributed by atoms with E-state index in [-0.39, 0.29) is 0 Å². The minimum absolute atomic E-state index is 0.435. The Morgan fingerprint density at radius 3 is 2.74 bits per heavy atom. The van der Waals surface area contributed by atoms with Gasteiger partial charge in [-0.15, -0.1) is 0 Å². The Balaban J connectivity index is 1.69. The SMILES string of the molecule is Nc1cc(Br)nc(NCCCOc2ccccc2)n1. The summed E-state index contributed by atoms with van der Waals surface area (Å²) < 4.78 is 6.25. The third-order valence-electron chi connectivity index (χ3n) is 2.33. The minimum Gasteiger partial charge on any atom is -0.494 e. The van der Waals surface area contributed by atoms with Crippen LogP contribution < -0.4 is 15.8 Å². The summed E-state index contributed by atoms with van der Waals surface area (Å²) in [6.45, 7) is 1.36. The normalized spacial score (nSPS) is 10.2. The van der Waals surface area contributed by atoms with Gasteiger partial charge >= 0.3 is 0 Å². The fraction of sp³-hybridized carbons (Fsp3) is 0.231. The summed E-state index contributed by atoms with van der Waals surface area (Å²) in [6, 6.07) is 11.4. The maximum atomic E-state index is 5.62. The molecular weight excluding hydrogens is 308 g/mol. The fourth-order valence-electron chi connectivity index (χ4n) is 1.49. The molecule has 0 saturated heterocycles. The van der Waals surface area contributed by atoms with Gasteiger partial charge in [0, 0.05) is 12.6 Å². The highest BCUT2D eigenvalue weighted by Crippen LogP contribution is 2.12. The molecule has 0 spiro atoms. The molecule has 0 amide bonds. The predicted molar refractivity (Wildman–Crippen MR) is 79.2 cm³/mol. The van der Waals surface area contributed by atoms with Gasteiger partial charge in [-0.1, -0.05) is 18.2 Å². The van der Waals surface area contributed by atoms with E-state index < -0.39 is 0 Å². The number of benzene rings is 1. The van der Waals surface area contributed by atoms with E-state index >= 15 is 0 Å². The van der Waals surface area contributed by atoms with E-state index in [1.807, 2.05) is 30.3 Å². The summed E-state index contributed by atoms with van der Waals surface area (Å²) in [7, 11) is 0. The molecule has 19 heavy (non-hydrogen) atoms. The van der Waals surface area contributed by atoms with E-state index in [9.17, 15) is 0 Å². The van der Waals surface area contributed by atoms with Crippen LogP contribution in [0.3, 0.4) is 0 Å². The number of nitrogen functional groups attached to an aromatic ring is 1. The zero-order valence-electron chi connectivity index (χ0n) is 10.3. The third kappa shape index (κ3) is 4.75. The van der Waals surface area contributed by atoms with Gasteiger partial charge in [-0.05, 0) is 34.5 Å². The second-order valence-electron chi connectivity index (χ2n) is 3.88. The summed E-state index contributed by atoms with van der Waals surface area (Å²) in [4.78, 5) is 8.24. The Bertz CT molecular complexity index is 501. The Labute approximate surface area is 120 Å². The van der Waals surface area contributed by atoms with Crippen LogP contribution in [0, 0.1) is 0 Å². The van der Waals surface area contributed by atoms with Gasteiger partial charge in [0.05, 0.1) is 6.61 Å². The molecule has 0 aliphatic rings. The zero-order chi connectivity index (χ0) is 13.5. The number of nitrogens with zero attached hydrogens (tertiary/aromatic N) is 2. The second kappa shape index (κ2) is 6.94. The standard InChI is InChI=1S/C13H15BrN4O/c14-11-9-12(15)18-13(17-11)16-7-4-8-19-10-5-2-1-3-6-10/h1-3,5-6,9H,4,7-8H2,(H3,15,16,17,18). The molecule has 3 N–H and O–H groups in total. The van der Waals surface area contributed by atoms with E-state index in [1.54, 1.807) is 6.07 Å². The number of hydrogen-bond acceptors (Lipinski definition) is 5. The van der Waals surface area contributed by atoms with Crippen molar-refractivity contribution >= 4 is 27.7 Å². The van der Waals surface area contributed by atoms with Crippen molar-refractivity contribution in [2.75, 3.05) is 24.2 Å². The zero-order valence-corrected chi connectivity index (χ0v) is 11.9. The van der Waals surface area contributed by atoms with Crippen molar-refractivity contribution in [1.29, 1.82) is 0 Å². The maximum absolute atomic E-state index is 5.62.